The molecule has 34 heavy (non-hydrogen) atoms. The van der Waals surface area contributed by atoms with Crippen LogP contribution in [0.15, 0.2) is 72.8 Å². The van der Waals surface area contributed by atoms with Crippen molar-refractivity contribution in [2.24, 2.45) is 0 Å². The van der Waals surface area contributed by atoms with Gasteiger partial charge in [-0.2, -0.15) is 0 Å². The number of hydrogen-bond donors (Lipinski definition) is 2. The number of anilines is 3. The van der Waals surface area contributed by atoms with Crippen LogP contribution in [0.25, 0.3) is 0 Å². The zero-order chi connectivity index (χ0) is 23.5. The Kier molecular flexibility index (Phi) is 6.31. The molecule has 6 nitrogen and oxygen atoms in total. The lowest BCUT2D eigenvalue weighted by atomic mass is 9.99. The van der Waals surface area contributed by atoms with Crippen molar-refractivity contribution in [3.05, 3.63) is 89.7 Å². The quantitative estimate of drug-likeness (QED) is 0.521. The van der Waals surface area contributed by atoms with E-state index in [0.717, 1.165) is 18.7 Å². The molecule has 3 aromatic rings. The lowest BCUT2D eigenvalue weighted by Crippen LogP contribution is -2.37. The van der Waals surface area contributed by atoms with E-state index in [1.54, 1.807) is 12.1 Å². The molecule has 2 aliphatic rings. The fourth-order valence-corrected chi connectivity index (χ4v) is 4.56. The third-order valence-electron chi connectivity index (χ3n) is 6.11. The molecule has 8 heteroatoms. The maximum atomic E-state index is 15.1. The number of hydrogen-bond acceptors (Lipinski definition) is 4. The summed E-state index contributed by atoms with van der Waals surface area (Å²) in [6, 6.07) is 22.8. The Morgan fingerprint density at radius 1 is 1.06 bits per heavy atom. The smallest absolute Gasteiger partial charge is 0.414 e. The molecule has 2 N–H and O–H groups in total. The molecule has 174 valence electrons. The number of nitrogens with one attached hydrogen (secondary N) is 2. The number of amides is 1. The van der Waals surface area contributed by atoms with Gasteiger partial charge in [-0.15, -0.1) is 0 Å². The van der Waals surface area contributed by atoms with Crippen LogP contribution in [0.5, 0.6) is 0 Å². The average molecular weight is 477 g/mol. The van der Waals surface area contributed by atoms with Crippen LogP contribution in [0.2, 0.25) is 0 Å². The second kappa shape index (κ2) is 9.69. The number of nitrogens with zero attached hydrogens (tertiary/aromatic N) is 2. The predicted molar refractivity (Wildman–Crippen MR) is 136 cm³/mol. The maximum Gasteiger partial charge on any atom is 0.414 e. The van der Waals surface area contributed by atoms with E-state index in [2.05, 4.69) is 22.8 Å². The predicted octanol–water partition coefficient (Wildman–Crippen LogP) is 4.70. The summed E-state index contributed by atoms with van der Waals surface area (Å²) in [5.41, 5.74) is 4.43. The van der Waals surface area contributed by atoms with E-state index in [4.69, 9.17) is 17.0 Å². The van der Waals surface area contributed by atoms with E-state index < -0.39 is 12.2 Å². The lowest BCUT2D eigenvalue weighted by molar-refractivity contribution is 0.143. The summed E-state index contributed by atoms with van der Waals surface area (Å²) in [6.07, 6.45) is -0.0111. The SMILES string of the molecule is O=C1O[C@@H](CNC(=S)Nc2ccccc2)CN1c1ccc(N2CCc3ccccc3C2)c(F)c1. The molecular formula is C26H25FN4O2S. The van der Waals surface area contributed by atoms with Gasteiger partial charge in [0.05, 0.1) is 24.5 Å². The normalized spacial score (nSPS) is 17.2. The molecule has 1 atom stereocenters. The highest BCUT2D eigenvalue weighted by molar-refractivity contribution is 7.80. The van der Waals surface area contributed by atoms with Crippen molar-refractivity contribution < 1.29 is 13.9 Å². The Hall–Kier alpha value is -3.65. The van der Waals surface area contributed by atoms with Gasteiger partial charge in [0.2, 0.25) is 0 Å². The van der Waals surface area contributed by atoms with Crippen molar-refractivity contribution in [2.45, 2.75) is 19.1 Å². The highest BCUT2D eigenvalue weighted by atomic mass is 32.1. The van der Waals surface area contributed by atoms with Crippen molar-refractivity contribution in [2.75, 3.05) is 34.8 Å². The molecule has 0 saturated carbocycles. The zero-order valence-electron chi connectivity index (χ0n) is 18.5. The maximum absolute atomic E-state index is 15.1. The fraction of sp³-hybridized carbons (Fsp3) is 0.231. The van der Waals surface area contributed by atoms with Gasteiger partial charge in [-0.3, -0.25) is 4.90 Å². The summed E-state index contributed by atoms with van der Waals surface area (Å²) in [7, 11) is 0. The minimum absolute atomic E-state index is 0.315. The number of carbonyl (C=O) groups is 1. The number of ether oxygens (including phenoxy) is 1. The molecular weight excluding hydrogens is 451 g/mol. The average Bonchev–Trinajstić information content (AvgIpc) is 3.23. The highest BCUT2D eigenvalue weighted by Gasteiger charge is 2.33. The summed E-state index contributed by atoms with van der Waals surface area (Å²) in [6.45, 7) is 2.09. The third-order valence-corrected chi connectivity index (χ3v) is 6.36. The molecule has 2 aliphatic heterocycles. The second-order valence-corrected chi connectivity index (χ2v) is 8.80. The van der Waals surface area contributed by atoms with Crippen LogP contribution in [-0.4, -0.2) is 36.9 Å². The van der Waals surface area contributed by atoms with E-state index in [9.17, 15) is 4.79 Å². The van der Waals surface area contributed by atoms with Crippen LogP contribution < -0.4 is 20.4 Å². The van der Waals surface area contributed by atoms with E-state index in [0.29, 0.717) is 36.1 Å². The van der Waals surface area contributed by atoms with Crippen molar-refractivity contribution in [3.63, 3.8) is 0 Å². The first-order chi connectivity index (χ1) is 16.6. The van der Waals surface area contributed by atoms with Crippen LogP contribution >= 0.6 is 12.2 Å². The molecule has 0 aliphatic carbocycles. The number of fused-ring (bicyclic) bond motifs is 1. The number of thiocarbonyl (C=S) groups is 1. The van der Waals surface area contributed by atoms with Crippen molar-refractivity contribution in [3.8, 4) is 0 Å². The van der Waals surface area contributed by atoms with Gasteiger partial charge in [0, 0.05) is 18.8 Å². The van der Waals surface area contributed by atoms with E-state index in [1.807, 2.05) is 47.4 Å². The molecule has 0 aromatic heterocycles. The zero-order valence-corrected chi connectivity index (χ0v) is 19.4. The number of halogens is 1. The molecule has 2 heterocycles. The van der Waals surface area contributed by atoms with Crippen LogP contribution in [-0.2, 0) is 17.7 Å². The van der Waals surface area contributed by atoms with Crippen LogP contribution in [0.3, 0.4) is 0 Å². The van der Waals surface area contributed by atoms with Gasteiger partial charge in [-0.25, -0.2) is 9.18 Å². The van der Waals surface area contributed by atoms with Gasteiger partial charge in [-0.1, -0.05) is 42.5 Å². The largest absolute Gasteiger partial charge is 0.442 e. The first-order valence-corrected chi connectivity index (χ1v) is 11.7. The first kappa shape index (κ1) is 22.2. The van der Waals surface area contributed by atoms with E-state index in [1.165, 1.54) is 22.1 Å². The number of para-hydroxylation sites is 1. The number of cyclic esters (lactones) is 1. The molecule has 1 saturated heterocycles. The second-order valence-electron chi connectivity index (χ2n) is 8.39. The minimum Gasteiger partial charge on any atom is -0.442 e. The van der Waals surface area contributed by atoms with Gasteiger partial charge >= 0.3 is 6.09 Å². The molecule has 0 radical (unpaired) electrons. The van der Waals surface area contributed by atoms with Crippen molar-refractivity contribution >= 4 is 40.5 Å². The highest BCUT2D eigenvalue weighted by Crippen LogP contribution is 2.31. The van der Waals surface area contributed by atoms with Crippen molar-refractivity contribution in [1.29, 1.82) is 0 Å². The molecule has 1 fully saturated rings. The van der Waals surface area contributed by atoms with E-state index in [-0.39, 0.29) is 5.82 Å². The summed E-state index contributed by atoms with van der Waals surface area (Å²) < 4.78 is 20.5. The number of carbonyl (C=O) groups excluding carboxylic acids is 1. The monoisotopic (exact) mass is 476 g/mol. The Labute approximate surface area is 203 Å². The third kappa shape index (κ3) is 4.82. The summed E-state index contributed by atoms with van der Waals surface area (Å²) in [5, 5.41) is 6.60. The number of benzene rings is 3. The molecule has 0 spiro atoms. The fourth-order valence-electron chi connectivity index (χ4n) is 4.36. The Morgan fingerprint density at radius 2 is 1.82 bits per heavy atom. The van der Waals surface area contributed by atoms with Crippen LogP contribution in [0, 0.1) is 5.82 Å². The summed E-state index contributed by atoms with van der Waals surface area (Å²) >= 11 is 5.31. The lowest BCUT2D eigenvalue weighted by Gasteiger charge is -2.31. The minimum atomic E-state index is -0.493. The van der Waals surface area contributed by atoms with Gasteiger partial charge in [0.1, 0.15) is 11.9 Å². The topological polar surface area (TPSA) is 56.8 Å². The van der Waals surface area contributed by atoms with Gasteiger partial charge in [0.15, 0.2) is 5.11 Å². The molecule has 3 aromatic carbocycles. The molecule has 1 amide bonds. The summed E-state index contributed by atoms with van der Waals surface area (Å²) in [4.78, 5) is 15.9. The van der Waals surface area contributed by atoms with E-state index >= 15 is 4.39 Å². The summed E-state index contributed by atoms with van der Waals surface area (Å²) in [5.74, 6) is -0.348. The van der Waals surface area contributed by atoms with Crippen LogP contribution in [0.1, 0.15) is 11.1 Å². The number of rotatable bonds is 5. The molecule has 0 bridgehead atoms. The Morgan fingerprint density at radius 3 is 2.62 bits per heavy atom. The Bertz CT molecular complexity index is 1210. The molecule has 0 unspecified atom stereocenters. The Balaban J connectivity index is 1.19. The molecule has 5 rings (SSSR count). The van der Waals surface area contributed by atoms with Crippen molar-refractivity contribution in [1.82, 2.24) is 5.32 Å². The first-order valence-electron chi connectivity index (χ1n) is 11.3. The van der Waals surface area contributed by atoms with Gasteiger partial charge in [-0.05, 0) is 60.1 Å². The van der Waals surface area contributed by atoms with Gasteiger partial charge < -0.3 is 20.3 Å². The van der Waals surface area contributed by atoms with Crippen LogP contribution in [0.4, 0.5) is 26.2 Å². The van der Waals surface area contributed by atoms with Gasteiger partial charge in [0.25, 0.3) is 0 Å². The standard InChI is InChI=1S/C26H25FN4O2S/c27-23-14-21(10-11-24(23)30-13-12-18-6-4-5-7-19(18)16-30)31-17-22(33-26(31)32)15-28-25(34)29-20-8-2-1-3-9-20/h1-11,14,22H,12-13,15-17H2,(H2,28,29,34)/t22-/m0/s1.